The fourth-order valence-electron chi connectivity index (χ4n) is 2.40. The molecule has 0 bridgehead atoms. The standard InChI is InChI=1S/C16H16F3NO2/c1-4-22-15(21)14-8-10(2)20(11(14)3)13-7-5-6-12(9-13)16(17,18)19/h5-9H,4H2,1-3H3. The van der Waals surface area contributed by atoms with Crippen molar-refractivity contribution in [2.45, 2.75) is 26.9 Å². The van der Waals surface area contributed by atoms with Crippen LogP contribution in [0.2, 0.25) is 0 Å². The third-order valence-electron chi connectivity index (χ3n) is 3.36. The van der Waals surface area contributed by atoms with E-state index in [1.165, 1.54) is 6.07 Å². The Balaban J connectivity index is 2.52. The molecule has 0 aliphatic heterocycles. The molecular formula is C16H16F3NO2. The summed E-state index contributed by atoms with van der Waals surface area (Å²) in [6.45, 7) is 5.35. The maximum absolute atomic E-state index is 12.8. The van der Waals surface area contributed by atoms with Crippen molar-refractivity contribution in [2.24, 2.45) is 0 Å². The Morgan fingerprint density at radius 1 is 1.23 bits per heavy atom. The molecule has 0 N–H and O–H groups in total. The van der Waals surface area contributed by atoms with Crippen molar-refractivity contribution in [2.75, 3.05) is 6.61 Å². The summed E-state index contributed by atoms with van der Waals surface area (Å²) in [6, 6.07) is 6.62. The number of halogens is 3. The van der Waals surface area contributed by atoms with Gasteiger partial charge in [0.1, 0.15) is 0 Å². The van der Waals surface area contributed by atoms with Crippen molar-refractivity contribution in [1.82, 2.24) is 4.57 Å². The van der Waals surface area contributed by atoms with Gasteiger partial charge < -0.3 is 9.30 Å². The minimum Gasteiger partial charge on any atom is -0.462 e. The Morgan fingerprint density at radius 2 is 1.91 bits per heavy atom. The SMILES string of the molecule is CCOC(=O)c1cc(C)n(-c2cccc(C(F)(F)F)c2)c1C. The number of aromatic nitrogens is 1. The first-order valence-electron chi connectivity index (χ1n) is 6.79. The van der Waals surface area contributed by atoms with Crippen molar-refractivity contribution in [3.63, 3.8) is 0 Å². The monoisotopic (exact) mass is 311 g/mol. The summed E-state index contributed by atoms with van der Waals surface area (Å²) in [5, 5.41) is 0. The van der Waals surface area contributed by atoms with Gasteiger partial charge in [-0.15, -0.1) is 0 Å². The highest BCUT2D eigenvalue weighted by atomic mass is 19.4. The molecule has 6 heteroatoms. The summed E-state index contributed by atoms with van der Waals surface area (Å²) < 4.78 is 45.1. The topological polar surface area (TPSA) is 31.2 Å². The van der Waals surface area contributed by atoms with E-state index in [4.69, 9.17) is 4.74 Å². The van der Waals surface area contributed by atoms with Gasteiger partial charge in [0.2, 0.25) is 0 Å². The van der Waals surface area contributed by atoms with E-state index in [1.54, 1.807) is 37.5 Å². The maximum atomic E-state index is 12.8. The molecule has 1 heterocycles. The van der Waals surface area contributed by atoms with Crippen molar-refractivity contribution < 1.29 is 22.7 Å². The lowest BCUT2D eigenvalue weighted by molar-refractivity contribution is -0.137. The first-order valence-corrected chi connectivity index (χ1v) is 6.79. The van der Waals surface area contributed by atoms with Crippen LogP contribution in [0.15, 0.2) is 30.3 Å². The molecule has 0 amide bonds. The van der Waals surface area contributed by atoms with Crippen LogP contribution in [0, 0.1) is 13.8 Å². The normalized spacial score (nSPS) is 11.5. The van der Waals surface area contributed by atoms with Gasteiger partial charge in [0.05, 0.1) is 17.7 Å². The van der Waals surface area contributed by atoms with Gasteiger partial charge in [-0.3, -0.25) is 0 Å². The largest absolute Gasteiger partial charge is 0.462 e. The molecule has 2 rings (SSSR count). The highest BCUT2D eigenvalue weighted by Gasteiger charge is 2.30. The van der Waals surface area contributed by atoms with Crippen molar-refractivity contribution in [3.05, 3.63) is 52.8 Å². The summed E-state index contributed by atoms with van der Waals surface area (Å²) in [7, 11) is 0. The molecule has 0 fully saturated rings. The van der Waals surface area contributed by atoms with Gasteiger partial charge in [0.25, 0.3) is 0 Å². The molecule has 0 aliphatic rings. The predicted octanol–water partition coefficient (Wildman–Crippen LogP) is 4.29. The minimum atomic E-state index is -4.41. The lowest BCUT2D eigenvalue weighted by atomic mass is 10.2. The van der Waals surface area contributed by atoms with Crippen LogP contribution in [-0.2, 0) is 10.9 Å². The number of rotatable bonds is 3. The molecule has 0 radical (unpaired) electrons. The summed E-state index contributed by atoms with van der Waals surface area (Å²) in [5.41, 5.74) is 1.21. The van der Waals surface area contributed by atoms with Crippen molar-refractivity contribution >= 4 is 5.97 Å². The van der Waals surface area contributed by atoms with E-state index in [-0.39, 0.29) is 6.61 Å². The van der Waals surface area contributed by atoms with E-state index >= 15 is 0 Å². The molecule has 22 heavy (non-hydrogen) atoms. The number of hydrogen-bond acceptors (Lipinski definition) is 2. The Bertz CT molecular complexity index is 702. The number of ether oxygens (including phenoxy) is 1. The molecule has 1 aromatic carbocycles. The fourth-order valence-corrected chi connectivity index (χ4v) is 2.40. The molecule has 0 saturated heterocycles. The summed E-state index contributed by atoms with van der Waals surface area (Å²) in [5.74, 6) is -0.478. The Hall–Kier alpha value is -2.24. The van der Waals surface area contributed by atoms with Crippen LogP contribution >= 0.6 is 0 Å². The zero-order valence-electron chi connectivity index (χ0n) is 12.5. The van der Waals surface area contributed by atoms with Gasteiger partial charge in [-0.05, 0) is 45.0 Å². The zero-order valence-corrected chi connectivity index (χ0v) is 12.5. The van der Waals surface area contributed by atoms with Crippen molar-refractivity contribution in [1.29, 1.82) is 0 Å². The van der Waals surface area contributed by atoms with Crippen LogP contribution in [0.5, 0.6) is 0 Å². The zero-order chi connectivity index (χ0) is 16.5. The fraction of sp³-hybridized carbons (Fsp3) is 0.312. The molecule has 118 valence electrons. The van der Waals surface area contributed by atoms with Crippen LogP contribution in [-0.4, -0.2) is 17.1 Å². The van der Waals surface area contributed by atoms with Gasteiger partial charge in [-0.25, -0.2) is 4.79 Å². The summed E-state index contributed by atoms with van der Waals surface area (Å²) in [4.78, 5) is 11.9. The average molecular weight is 311 g/mol. The Kier molecular flexibility index (Phi) is 4.30. The molecule has 3 nitrogen and oxygen atoms in total. The number of carbonyl (C=O) groups excluding carboxylic acids is 1. The lowest BCUT2D eigenvalue weighted by Gasteiger charge is -2.13. The number of benzene rings is 1. The highest BCUT2D eigenvalue weighted by Crippen LogP contribution is 2.31. The van der Waals surface area contributed by atoms with Crippen LogP contribution in [0.1, 0.15) is 34.2 Å². The summed E-state index contributed by atoms with van der Waals surface area (Å²) >= 11 is 0. The second kappa shape index (κ2) is 5.87. The van der Waals surface area contributed by atoms with E-state index in [0.717, 1.165) is 12.1 Å². The minimum absolute atomic E-state index is 0.242. The van der Waals surface area contributed by atoms with Gasteiger partial charge >= 0.3 is 12.1 Å². The lowest BCUT2D eigenvalue weighted by Crippen LogP contribution is -2.08. The first-order chi connectivity index (χ1) is 10.3. The Labute approximate surface area is 126 Å². The van der Waals surface area contributed by atoms with Gasteiger partial charge in [0.15, 0.2) is 0 Å². The van der Waals surface area contributed by atoms with E-state index in [2.05, 4.69) is 0 Å². The van der Waals surface area contributed by atoms with Crippen LogP contribution in [0.4, 0.5) is 13.2 Å². The molecule has 0 atom stereocenters. The molecule has 0 spiro atoms. The Morgan fingerprint density at radius 3 is 2.50 bits per heavy atom. The number of carbonyl (C=O) groups is 1. The van der Waals surface area contributed by atoms with E-state index in [9.17, 15) is 18.0 Å². The number of nitrogens with zero attached hydrogens (tertiary/aromatic N) is 1. The predicted molar refractivity (Wildman–Crippen MR) is 76.2 cm³/mol. The van der Waals surface area contributed by atoms with Gasteiger partial charge in [0, 0.05) is 17.1 Å². The number of aryl methyl sites for hydroxylation is 1. The van der Waals surface area contributed by atoms with E-state index in [1.807, 2.05) is 0 Å². The average Bonchev–Trinajstić information content (AvgIpc) is 2.73. The van der Waals surface area contributed by atoms with Crippen LogP contribution < -0.4 is 0 Å². The quantitative estimate of drug-likeness (QED) is 0.792. The second-order valence-corrected chi connectivity index (χ2v) is 4.89. The molecule has 0 saturated carbocycles. The molecule has 2 aromatic rings. The van der Waals surface area contributed by atoms with Crippen LogP contribution in [0.3, 0.4) is 0 Å². The number of hydrogen-bond donors (Lipinski definition) is 0. The highest BCUT2D eigenvalue weighted by molar-refractivity contribution is 5.91. The van der Waals surface area contributed by atoms with E-state index < -0.39 is 17.7 Å². The van der Waals surface area contributed by atoms with Crippen LogP contribution in [0.25, 0.3) is 5.69 Å². The first kappa shape index (κ1) is 16.1. The third kappa shape index (κ3) is 3.00. The second-order valence-electron chi connectivity index (χ2n) is 4.89. The third-order valence-corrected chi connectivity index (χ3v) is 3.36. The van der Waals surface area contributed by atoms with Crippen molar-refractivity contribution in [3.8, 4) is 5.69 Å². The van der Waals surface area contributed by atoms with E-state index in [0.29, 0.717) is 22.6 Å². The molecule has 0 aliphatic carbocycles. The molecular weight excluding hydrogens is 295 g/mol. The van der Waals surface area contributed by atoms with Gasteiger partial charge in [-0.1, -0.05) is 6.07 Å². The molecule has 1 aromatic heterocycles. The maximum Gasteiger partial charge on any atom is 0.416 e. The number of esters is 1. The summed E-state index contributed by atoms with van der Waals surface area (Å²) in [6.07, 6.45) is -4.41. The molecule has 0 unspecified atom stereocenters. The van der Waals surface area contributed by atoms with Gasteiger partial charge in [-0.2, -0.15) is 13.2 Å². The smallest absolute Gasteiger partial charge is 0.416 e. The number of alkyl halides is 3.